The zero-order valence-corrected chi connectivity index (χ0v) is 10.2. The number of allylic oxidation sites excluding steroid dienone is 2. The number of carboxylic acid groups (broad SMARTS) is 1. The average Bonchev–Trinajstić information content (AvgIpc) is 2.77. The summed E-state index contributed by atoms with van der Waals surface area (Å²) in [6, 6.07) is 0. The number of hydrogen-bond acceptors (Lipinski definition) is 3. The molecule has 0 aromatic heterocycles. The lowest BCUT2D eigenvalue weighted by Crippen LogP contribution is -2.20. The minimum atomic E-state index is -0.993. The van der Waals surface area contributed by atoms with Gasteiger partial charge >= 0.3 is 11.9 Å². The molecule has 2 unspecified atom stereocenters. The summed E-state index contributed by atoms with van der Waals surface area (Å²) >= 11 is 0. The van der Waals surface area contributed by atoms with Crippen molar-refractivity contribution in [2.24, 2.45) is 11.8 Å². The summed E-state index contributed by atoms with van der Waals surface area (Å²) in [4.78, 5) is 23.1. The predicted octanol–water partition coefficient (Wildman–Crippen LogP) is 1.92. The van der Waals surface area contributed by atoms with Crippen LogP contribution >= 0.6 is 0 Å². The van der Waals surface area contributed by atoms with Crippen molar-refractivity contribution >= 4 is 11.9 Å². The molecule has 4 nitrogen and oxygen atoms in total. The highest BCUT2D eigenvalue weighted by Gasteiger charge is 2.47. The topological polar surface area (TPSA) is 63.6 Å². The van der Waals surface area contributed by atoms with Crippen LogP contribution in [0.5, 0.6) is 0 Å². The van der Waals surface area contributed by atoms with Gasteiger partial charge in [-0.05, 0) is 27.2 Å². The van der Waals surface area contributed by atoms with Gasteiger partial charge in [-0.2, -0.15) is 0 Å². The minimum absolute atomic E-state index is 0.0508. The lowest BCUT2D eigenvalue weighted by Gasteiger charge is -2.18. The minimum Gasteiger partial charge on any atom is -0.478 e. The molecule has 1 N–H and O–H groups in total. The van der Waals surface area contributed by atoms with Crippen molar-refractivity contribution in [1.82, 2.24) is 0 Å². The molecule has 0 fully saturated rings. The Morgan fingerprint density at radius 2 is 1.76 bits per heavy atom. The zero-order valence-electron chi connectivity index (χ0n) is 10.2. The van der Waals surface area contributed by atoms with Gasteiger partial charge in [-0.1, -0.05) is 11.1 Å². The van der Waals surface area contributed by atoms with E-state index in [2.05, 4.69) is 0 Å². The van der Waals surface area contributed by atoms with E-state index in [4.69, 9.17) is 4.74 Å². The number of aliphatic carboxylic acids is 1. The van der Waals surface area contributed by atoms with Gasteiger partial charge in [0.1, 0.15) is 0 Å². The van der Waals surface area contributed by atoms with Gasteiger partial charge in [0.15, 0.2) is 0 Å². The standard InChI is InChI=1S/C13H16O4/c1-4-17-13(16)11-9-5-8(6(2)7(9)3)10(11)12(14)15/h8-9H,4-5H2,1-3H3,(H,14,15). The van der Waals surface area contributed by atoms with Gasteiger partial charge in [0, 0.05) is 11.8 Å². The summed E-state index contributed by atoms with van der Waals surface area (Å²) in [6.45, 7) is 5.91. The van der Waals surface area contributed by atoms with E-state index < -0.39 is 11.9 Å². The highest BCUT2D eigenvalue weighted by atomic mass is 16.5. The quantitative estimate of drug-likeness (QED) is 0.600. The van der Waals surface area contributed by atoms with Gasteiger partial charge in [0.25, 0.3) is 0 Å². The second kappa shape index (κ2) is 4.02. The fourth-order valence-corrected chi connectivity index (χ4v) is 2.91. The predicted molar refractivity (Wildman–Crippen MR) is 61.3 cm³/mol. The maximum atomic E-state index is 11.8. The van der Waals surface area contributed by atoms with Crippen molar-refractivity contribution in [3.05, 3.63) is 22.3 Å². The summed E-state index contributed by atoms with van der Waals surface area (Å²) in [5, 5.41) is 9.24. The molecule has 2 aliphatic carbocycles. The molecule has 0 aliphatic heterocycles. The molecule has 0 saturated carbocycles. The first kappa shape index (κ1) is 11.9. The maximum Gasteiger partial charge on any atom is 0.335 e. The number of esters is 1. The molecule has 0 radical (unpaired) electrons. The first-order valence-corrected chi connectivity index (χ1v) is 5.80. The average molecular weight is 236 g/mol. The van der Waals surface area contributed by atoms with Crippen molar-refractivity contribution in [3.8, 4) is 0 Å². The SMILES string of the molecule is CCOC(=O)C1=C(C(=O)O)C2CC1C(C)=C2C. The van der Waals surface area contributed by atoms with Gasteiger partial charge < -0.3 is 9.84 Å². The fourth-order valence-electron chi connectivity index (χ4n) is 2.91. The molecule has 4 heteroatoms. The summed E-state index contributed by atoms with van der Waals surface area (Å²) in [7, 11) is 0. The number of ether oxygens (including phenoxy) is 1. The van der Waals surface area contributed by atoms with Crippen LogP contribution in [0.25, 0.3) is 0 Å². The fraction of sp³-hybridized carbons (Fsp3) is 0.538. The van der Waals surface area contributed by atoms with Crippen LogP contribution in [0.15, 0.2) is 22.3 Å². The maximum absolute atomic E-state index is 11.8. The molecule has 0 spiro atoms. The van der Waals surface area contributed by atoms with E-state index >= 15 is 0 Å². The molecule has 2 bridgehead atoms. The Morgan fingerprint density at radius 1 is 1.24 bits per heavy atom. The van der Waals surface area contributed by atoms with Gasteiger partial charge in [0.05, 0.1) is 17.8 Å². The molecule has 0 aromatic carbocycles. The number of fused-ring (bicyclic) bond motifs is 2. The van der Waals surface area contributed by atoms with Gasteiger partial charge in [0.2, 0.25) is 0 Å². The lowest BCUT2D eigenvalue weighted by molar-refractivity contribution is -0.140. The van der Waals surface area contributed by atoms with Crippen LogP contribution in [0.2, 0.25) is 0 Å². The molecule has 0 amide bonds. The van der Waals surface area contributed by atoms with Crippen molar-refractivity contribution in [1.29, 1.82) is 0 Å². The largest absolute Gasteiger partial charge is 0.478 e. The van der Waals surface area contributed by atoms with Crippen LogP contribution in [0.1, 0.15) is 27.2 Å². The molecule has 17 heavy (non-hydrogen) atoms. The third-order valence-electron chi connectivity index (χ3n) is 3.85. The molecule has 2 rings (SSSR count). The smallest absolute Gasteiger partial charge is 0.335 e. The van der Waals surface area contributed by atoms with Crippen LogP contribution in [-0.2, 0) is 14.3 Å². The highest BCUT2D eigenvalue weighted by molar-refractivity contribution is 6.03. The third kappa shape index (κ3) is 1.59. The number of hydrogen-bond donors (Lipinski definition) is 1. The molecule has 2 atom stereocenters. The first-order chi connectivity index (χ1) is 7.99. The zero-order chi connectivity index (χ0) is 12.7. The van der Waals surface area contributed by atoms with Crippen molar-refractivity contribution in [3.63, 3.8) is 0 Å². The lowest BCUT2D eigenvalue weighted by atomic mass is 9.87. The summed E-state index contributed by atoms with van der Waals surface area (Å²) in [5.41, 5.74) is 2.84. The van der Waals surface area contributed by atoms with Gasteiger partial charge in [-0.3, -0.25) is 0 Å². The molecule has 0 saturated heterocycles. The van der Waals surface area contributed by atoms with Gasteiger partial charge in [-0.25, -0.2) is 9.59 Å². The van der Waals surface area contributed by atoms with E-state index in [0.717, 1.165) is 11.1 Å². The number of rotatable bonds is 3. The van der Waals surface area contributed by atoms with Crippen LogP contribution in [-0.4, -0.2) is 23.7 Å². The van der Waals surface area contributed by atoms with E-state index in [1.54, 1.807) is 6.92 Å². The molecule has 2 aliphatic rings. The Bertz CT molecular complexity index is 456. The van der Waals surface area contributed by atoms with Crippen LogP contribution in [0.3, 0.4) is 0 Å². The Kier molecular flexibility index (Phi) is 2.81. The number of carbonyl (C=O) groups excluding carboxylic acids is 1. The van der Waals surface area contributed by atoms with Crippen LogP contribution in [0.4, 0.5) is 0 Å². The molecule has 92 valence electrons. The summed E-state index contributed by atoms with van der Waals surface area (Å²) < 4.78 is 4.96. The van der Waals surface area contributed by atoms with Crippen LogP contribution in [0, 0.1) is 11.8 Å². The molecule has 0 heterocycles. The van der Waals surface area contributed by atoms with Crippen molar-refractivity contribution in [2.75, 3.05) is 6.61 Å². The van der Waals surface area contributed by atoms with E-state index in [0.29, 0.717) is 12.0 Å². The van der Waals surface area contributed by atoms with Gasteiger partial charge in [-0.15, -0.1) is 0 Å². The molecular formula is C13H16O4. The summed E-state index contributed by atoms with van der Waals surface area (Å²) in [5.74, 6) is -1.61. The normalized spacial score (nSPS) is 26.8. The highest BCUT2D eigenvalue weighted by Crippen LogP contribution is 2.51. The van der Waals surface area contributed by atoms with E-state index in [1.165, 1.54) is 0 Å². The molecule has 0 aromatic rings. The van der Waals surface area contributed by atoms with E-state index in [9.17, 15) is 14.7 Å². The monoisotopic (exact) mass is 236 g/mol. The Labute approximate surface area is 100.0 Å². The van der Waals surface area contributed by atoms with E-state index in [-0.39, 0.29) is 24.0 Å². The van der Waals surface area contributed by atoms with Crippen LogP contribution < -0.4 is 0 Å². The Morgan fingerprint density at radius 3 is 2.24 bits per heavy atom. The number of carbonyl (C=O) groups is 2. The Hall–Kier alpha value is -1.58. The van der Waals surface area contributed by atoms with Crippen molar-refractivity contribution in [2.45, 2.75) is 27.2 Å². The molecular weight excluding hydrogens is 220 g/mol. The van der Waals surface area contributed by atoms with Crippen molar-refractivity contribution < 1.29 is 19.4 Å². The Balaban J connectivity index is 2.44. The first-order valence-electron chi connectivity index (χ1n) is 5.80. The summed E-state index contributed by atoms with van der Waals surface area (Å²) in [6.07, 6.45) is 0.716. The van der Waals surface area contributed by atoms with E-state index in [1.807, 2.05) is 13.8 Å². The number of carboxylic acids is 1. The second-order valence-corrected chi connectivity index (χ2v) is 4.56. The third-order valence-corrected chi connectivity index (χ3v) is 3.85. The second-order valence-electron chi connectivity index (χ2n) is 4.56.